The average molecular weight is 333 g/mol. The summed E-state index contributed by atoms with van der Waals surface area (Å²) >= 11 is 0. The quantitative estimate of drug-likeness (QED) is 0.865. The Morgan fingerprint density at radius 3 is 2.75 bits per heavy atom. The van der Waals surface area contributed by atoms with Crippen LogP contribution in [-0.4, -0.2) is 76.1 Å². The van der Waals surface area contributed by atoms with Gasteiger partial charge in [0.25, 0.3) is 0 Å². The van der Waals surface area contributed by atoms with Crippen LogP contribution in [0.5, 0.6) is 0 Å². The van der Waals surface area contributed by atoms with Gasteiger partial charge < -0.3 is 10.0 Å². The highest BCUT2D eigenvalue weighted by molar-refractivity contribution is 5.73. The maximum atomic E-state index is 13.9. The van der Waals surface area contributed by atoms with Gasteiger partial charge in [-0.15, -0.1) is 0 Å². The number of carbonyl (C=O) groups is 1. The minimum atomic E-state index is -0.306. The molecule has 1 aromatic carbocycles. The molecule has 24 heavy (non-hydrogen) atoms. The first-order valence-corrected chi connectivity index (χ1v) is 8.63. The van der Waals surface area contributed by atoms with Crippen LogP contribution in [0.15, 0.2) is 24.3 Å². The van der Waals surface area contributed by atoms with Crippen molar-refractivity contribution >= 4 is 5.91 Å². The van der Waals surface area contributed by atoms with Crippen LogP contribution in [0.4, 0.5) is 4.39 Å². The van der Waals surface area contributed by atoms with E-state index in [9.17, 15) is 14.3 Å². The van der Waals surface area contributed by atoms with E-state index < -0.39 is 0 Å². The normalized spacial score (nSPS) is 29.5. The summed E-state index contributed by atoms with van der Waals surface area (Å²) in [5.74, 6) is -0.0649. The number of hydrogen-bond acceptors (Lipinski definition) is 4. The molecule has 6 heteroatoms. The third-order valence-corrected chi connectivity index (χ3v) is 5.75. The highest BCUT2D eigenvalue weighted by Crippen LogP contribution is 2.39. The molecule has 3 aliphatic heterocycles. The van der Waals surface area contributed by atoms with Crippen molar-refractivity contribution in [3.63, 3.8) is 0 Å². The van der Waals surface area contributed by atoms with Crippen molar-refractivity contribution in [2.75, 3.05) is 32.7 Å². The lowest BCUT2D eigenvalue weighted by Crippen LogP contribution is -2.78. The van der Waals surface area contributed by atoms with Gasteiger partial charge in [-0.1, -0.05) is 18.2 Å². The van der Waals surface area contributed by atoms with Crippen molar-refractivity contribution in [2.45, 2.75) is 37.6 Å². The molecule has 2 atom stereocenters. The van der Waals surface area contributed by atoms with Crippen LogP contribution in [0.3, 0.4) is 0 Å². The topological polar surface area (TPSA) is 47.0 Å². The number of aliphatic hydroxyl groups excluding tert-OH is 1. The number of halogens is 1. The Bertz CT molecular complexity index is 647. The van der Waals surface area contributed by atoms with Gasteiger partial charge in [0, 0.05) is 57.8 Å². The summed E-state index contributed by atoms with van der Waals surface area (Å²) in [5, 5.41) is 10.1. The molecule has 3 aliphatic rings. The molecule has 0 saturated carbocycles. The number of likely N-dealkylation sites (tertiary alicyclic amines) is 1. The summed E-state index contributed by atoms with van der Waals surface area (Å²) in [6, 6.07) is 7.13. The predicted molar refractivity (Wildman–Crippen MR) is 87.8 cm³/mol. The lowest BCUT2D eigenvalue weighted by Gasteiger charge is -2.61. The van der Waals surface area contributed by atoms with Crippen molar-refractivity contribution in [1.29, 1.82) is 0 Å². The van der Waals surface area contributed by atoms with E-state index in [2.05, 4.69) is 9.80 Å². The number of benzene rings is 1. The highest BCUT2D eigenvalue weighted by Gasteiger charge is 2.56. The third kappa shape index (κ3) is 2.62. The van der Waals surface area contributed by atoms with Crippen LogP contribution in [0.25, 0.3) is 0 Å². The molecule has 0 bridgehead atoms. The number of piperazine rings is 1. The van der Waals surface area contributed by atoms with Crippen molar-refractivity contribution in [3.8, 4) is 0 Å². The second-order valence-electron chi connectivity index (χ2n) is 7.56. The fraction of sp³-hybridized carbons (Fsp3) is 0.611. The molecule has 3 heterocycles. The van der Waals surface area contributed by atoms with Gasteiger partial charge in [-0.05, 0) is 12.5 Å². The summed E-state index contributed by atoms with van der Waals surface area (Å²) in [5.41, 5.74) is 0.627. The number of amides is 1. The fourth-order valence-electron chi connectivity index (χ4n) is 4.70. The van der Waals surface area contributed by atoms with Crippen LogP contribution in [0, 0.1) is 5.82 Å². The van der Waals surface area contributed by atoms with E-state index in [1.807, 2.05) is 17.0 Å². The molecule has 3 fully saturated rings. The number of β-amino-alcohol motifs (C(OH)–C–C–N with tert-alkyl or cyclic N) is 1. The second-order valence-corrected chi connectivity index (χ2v) is 7.56. The Hall–Kier alpha value is -1.50. The third-order valence-electron chi connectivity index (χ3n) is 5.75. The molecule has 1 N–H and O–H groups in total. The van der Waals surface area contributed by atoms with E-state index in [0.717, 1.165) is 19.5 Å². The van der Waals surface area contributed by atoms with E-state index >= 15 is 0 Å². The first kappa shape index (κ1) is 16.0. The smallest absolute Gasteiger partial charge is 0.219 e. The standard InChI is InChI=1S/C18H24FN3O2/c1-13(23)21-8-15-6-16(24)9-22(15)18(12-21)10-20(11-18)7-14-4-2-3-5-17(14)19/h2-5,15-16,24H,6-12H2,1H3. The number of fused-ring (bicyclic) bond motifs is 2. The molecule has 0 radical (unpaired) electrons. The summed E-state index contributed by atoms with van der Waals surface area (Å²) in [7, 11) is 0. The van der Waals surface area contributed by atoms with Gasteiger partial charge >= 0.3 is 0 Å². The lowest BCUT2D eigenvalue weighted by molar-refractivity contribution is -0.149. The maximum Gasteiger partial charge on any atom is 0.219 e. The Labute approximate surface area is 141 Å². The Balaban J connectivity index is 1.48. The van der Waals surface area contributed by atoms with Crippen LogP contribution in [0.2, 0.25) is 0 Å². The zero-order valence-electron chi connectivity index (χ0n) is 14.0. The zero-order valence-corrected chi connectivity index (χ0v) is 14.0. The molecule has 130 valence electrons. The highest BCUT2D eigenvalue weighted by atomic mass is 19.1. The second kappa shape index (κ2) is 5.79. The van der Waals surface area contributed by atoms with Crippen molar-refractivity contribution in [1.82, 2.24) is 14.7 Å². The molecular formula is C18H24FN3O2. The van der Waals surface area contributed by atoms with Gasteiger partial charge in [-0.2, -0.15) is 0 Å². The molecule has 0 aromatic heterocycles. The first-order chi connectivity index (χ1) is 11.5. The molecule has 5 nitrogen and oxygen atoms in total. The summed E-state index contributed by atoms with van der Waals surface area (Å²) in [6.07, 6.45) is 0.429. The molecule has 1 amide bonds. The van der Waals surface area contributed by atoms with Gasteiger partial charge in [0.15, 0.2) is 0 Å². The van der Waals surface area contributed by atoms with Crippen LogP contribution in [0.1, 0.15) is 18.9 Å². The van der Waals surface area contributed by atoms with Crippen molar-refractivity contribution in [2.24, 2.45) is 0 Å². The Morgan fingerprint density at radius 2 is 2.04 bits per heavy atom. The van der Waals surface area contributed by atoms with Gasteiger partial charge in [0.05, 0.1) is 11.6 Å². The molecule has 1 spiro atoms. The van der Waals surface area contributed by atoms with Gasteiger partial charge in [-0.3, -0.25) is 14.6 Å². The molecule has 0 aliphatic carbocycles. The molecule has 4 rings (SSSR count). The zero-order chi connectivity index (χ0) is 16.9. The van der Waals surface area contributed by atoms with Gasteiger partial charge in [-0.25, -0.2) is 4.39 Å². The van der Waals surface area contributed by atoms with Crippen LogP contribution >= 0.6 is 0 Å². The Kier molecular flexibility index (Phi) is 3.86. The van der Waals surface area contributed by atoms with E-state index in [1.54, 1.807) is 13.0 Å². The van der Waals surface area contributed by atoms with Crippen molar-refractivity contribution < 1.29 is 14.3 Å². The van der Waals surface area contributed by atoms with Gasteiger partial charge in [0.2, 0.25) is 5.91 Å². The fourth-order valence-corrected chi connectivity index (χ4v) is 4.70. The number of nitrogens with zero attached hydrogens (tertiary/aromatic N) is 3. The van der Waals surface area contributed by atoms with Crippen LogP contribution in [-0.2, 0) is 11.3 Å². The maximum absolute atomic E-state index is 13.9. The summed E-state index contributed by atoms with van der Waals surface area (Å²) in [6.45, 7) is 5.94. The number of hydrogen-bond donors (Lipinski definition) is 1. The van der Waals surface area contributed by atoms with Crippen molar-refractivity contribution in [3.05, 3.63) is 35.6 Å². The number of carbonyl (C=O) groups excluding carboxylic acids is 1. The molecule has 3 saturated heterocycles. The summed E-state index contributed by atoms with van der Waals surface area (Å²) in [4.78, 5) is 18.4. The average Bonchev–Trinajstić information content (AvgIpc) is 2.88. The minimum absolute atomic E-state index is 0.0860. The molecule has 1 aromatic rings. The minimum Gasteiger partial charge on any atom is -0.392 e. The first-order valence-electron chi connectivity index (χ1n) is 8.63. The SMILES string of the molecule is CC(=O)N1CC2CC(O)CN2C2(CN(Cc3ccccc3F)C2)C1. The monoisotopic (exact) mass is 333 g/mol. The largest absolute Gasteiger partial charge is 0.392 e. The van der Waals surface area contributed by atoms with E-state index in [4.69, 9.17) is 0 Å². The van der Waals surface area contributed by atoms with E-state index in [0.29, 0.717) is 31.7 Å². The van der Waals surface area contributed by atoms with E-state index in [1.165, 1.54) is 6.07 Å². The van der Waals surface area contributed by atoms with Gasteiger partial charge in [0.1, 0.15) is 5.82 Å². The predicted octanol–water partition coefficient (Wildman–Crippen LogP) is 0.677. The lowest BCUT2D eigenvalue weighted by atomic mass is 9.83. The molecular weight excluding hydrogens is 309 g/mol. The molecule has 2 unspecified atom stereocenters. The van der Waals surface area contributed by atoms with E-state index in [-0.39, 0.29) is 29.4 Å². The number of rotatable bonds is 2. The van der Waals surface area contributed by atoms with Crippen LogP contribution < -0.4 is 0 Å². The number of aliphatic hydroxyl groups is 1. The summed E-state index contributed by atoms with van der Waals surface area (Å²) < 4.78 is 13.9. The Morgan fingerprint density at radius 1 is 1.29 bits per heavy atom.